The fourth-order valence-corrected chi connectivity index (χ4v) is 2.20. The van der Waals surface area contributed by atoms with E-state index < -0.39 is 11.9 Å². The van der Waals surface area contributed by atoms with E-state index in [0.717, 1.165) is 12.8 Å². The Labute approximate surface area is 104 Å². The topological polar surface area (TPSA) is 46.3 Å². The molecular weight excluding hydrogens is 243 g/mol. The average molecular weight is 257 g/mol. The second kappa shape index (κ2) is 5.02. The molecule has 1 unspecified atom stereocenters. The lowest BCUT2D eigenvalue weighted by Gasteiger charge is -2.20. The maximum atomic E-state index is 13.6. The molecule has 0 spiro atoms. The van der Waals surface area contributed by atoms with Gasteiger partial charge in [0.1, 0.15) is 11.9 Å². The van der Waals surface area contributed by atoms with Gasteiger partial charge in [-0.05, 0) is 31.0 Å². The van der Waals surface area contributed by atoms with E-state index in [1.165, 1.54) is 18.2 Å². The van der Waals surface area contributed by atoms with Crippen LogP contribution < -0.4 is 5.73 Å². The Morgan fingerprint density at radius 3 is 2.71 bits per heavy atom. The van der Waals surface area contributed by atoms with E-state index in [1.807, 2.05) is 0 Å². The van der Waals surface area contributed by atoms with Crippen LogP contribution in [0.3, 0.4) is 0 Å². The van der Waals surface area contributed by atoms with Crippen molar-refractivity contribution in [1.82, 2.24) is 4.90 Å². The van der Waals surface area contributed by atoms with Gasteiger partial charge in [0.2, 0.25) is 5.91 Å². The summed E-state index contributed by atoms with van der Waals surface area (Å²) >= 11 is 5.78. The summed E-state index contributed by atoms with van der Waals surface area (Å²) in [5.41, 5.74) is 5.96. The zero-order valence-electron chi connectivity index (χ0n) is 9.33. The second-order valence-corrected chi connectivity index (χ2v) is 4.61. The van der Waals surface area contributed by atoms with Gasteiger partial charge in [0.15, 0.2) is 0 Å². The molecule has 5 heteroatoms. The number of halogens is 2. The van der Waals surface area contributed by atoms with Crippen LogP contribution in [0.5, 0.6) is 0 Å². The molecule has 3 nitrogen and oxygen atoms in total. The number of carbonyl (C=O) groups is 1. The molecule has 1 atom stereocenters. The molecule has 1 fully saturated rings. The van der Waals surface area contributed by atoms with E-state index in [1.54, 1.807) is 4.90 Å². The average Bonchev–Trinajstić information content (AvgIpc) is 2.84. The van der Waals surface area contributed by atoms with Gasteiger partial charge in [0, 0.05) is 23.7 Å². The van der Waals surface area contributed by atoms with Gasteiger partial charge in [-0.25, -0.2) is 4.39 Å². The zero-order chi connectivity index (χ0) is 12.4. The van der Waals surface area contributed by atoms with Crippen LogP contribution in [0.15, 0.2) is 18.2 Å². The molecule has 1 aliphatic heterocycles. The smallest absolute Gasteiger partial charge is 0.244 e. The standard InChI is InChI=1S/C12H14ClFN2O/c13-8-3-4-10(14)9(7-8)11(15)12(17)16-5-1-2-6-16/h3-4,7,11H,1-2,5-6,15H2. The van der Waals surface area contributed by atoms with Crippen molar-refractivity contribution >= 4 is 17.5 Å². The quantitative estimate of drug-likeness (QED) is 0.881. The summed E-state index contributed by atoms with van der Waals surface area (Å²) in [6, 6.07) is 3.12. The predicted molar refractivity (Wildman–Crippen MR) is 64.2 cm³/mol. The van der Waals surface area contributed by atoms with Crippen molar-refractivity contribution in [1.29, 1.82) is 0 Å². The normalized spacial score (nSPS) is 17.2. The molecule has 2 rings (SSSR count). The number of nitrogens with zero attached hydrogens (tertiary/aromatic N) is 1. The molecule has 0 saturated carbocycles. The van der Waals surface area contributed by atoms with Crippen LogP contribution in [0.2, 0.25) is 5.02 Å². The van der Waals surface area contributed by atoms with Crippen LogP contribution in [-0.4, -0.2) is 23.9 Å². The van der Waals surface area contributed by atoms with Crippen molar-refractivity contribution in [2.75, 3.05) is 13.1 Å². The van der Waals surface area contributed by atoms with Gasteiger partial charge in [-0.1, -0.05) is 11.6 Å². The third kappa shape index (κ3) is 2.58. The highest BCUT2D eigenvalue weighted by Gasteiger charge is 2.26. The van der Waals surface area contributed by atoms with Gasteiger partial charge in [0.05, 0.1) is 0 Å². The molecule has 0 aromatic heterocycles. The van der Waals surface area contributed by atoms with E-state index >= 15 is 0 Å². The second-order valence-electron chi connectivity index (χ2n) is 4.18. The van der Waals surface area contributed by atoms with Crippen molar-refractivity contribution < 1.29 is 9.18 Å². The molecule has 0 bridgehead atoms. The van der Waals surface area contributed by atoms with Gasteiger partial charge in [-0.2, -0.15) is 0 Å². The molecule has 17 heavy (non-hydrogen) atoms. The molecule has 1 aromatic rings. The highest BCUT2D eigenvalue weighted by atomic mass is 35.5. The van der Waals surface area contributed by atoms with E-state index in [9.17, 15) is 9.18 Å². The highest BCUT2D eigenvalue weighted by Crippen LogP contribution is 2.22. The number of likely N-dealkylation sites (tertiary alicyclic amines) is 1. The molecular formula is C12H14ClFN2O. The summed E-state index contributed by atoms with van der Waals surface area (Å²) in [7, 11) is 0. The maximum Gasteiger partial charge on any atom is 0.244 e. The third-order valence-corrected chi connectivity index (χ3v) is 3.21. The first-order valence-electron chi connectivity index (χ1n) is 5.59. The number of hydrogen-bond acceptors (Lipinski definition) is 2. The summed E-state index contributed by atoms with van der Waals surface area (Å²) in [6.45, 7) is 1.41. The van der Waals surface area contributed by atoms with Gasteiger partial charge in [-0.3, -0.25) is 4.79 Å². The summed E-state index contributed by atoms with van der Waals surface area (Å²) in [5.74, 6) is -0.724. The van der Waals surface area contributed by atoms with Gasteiger partial charge in [0.25, 0.3) is 0 Å². The van der Waals surface area contributed by atoms with Crippen LogP contribution in [0, 0.1) is 5.82 Å². The fraction of sp³-hybridized carbons (Fsp3) is 0.417. The van der Waals surface area contributed by atoms with Crippen LogP contribution in [-0.2, 0) is 4.79 Å². The fourth-order valence-electron chi connectivity index (χ4n) is 2.02. The first kappa shape index (κ1) is 12.3. The largest absolute Gasteiger partial charge is 0.341 e. The lowest BCUT2D eigenvalue weighted by atomic mass is 10.1. The summed E-state index contributed by atoms with van der Waals surface area (Å²) in [6.07, 6.45) is 1.97. The summed E-state index contributed by atoms with van der Waals surface area (Å²) < 4.78 is 13.6. The van der Waals surface area contributed by atoms with Gasteiger partial charge >= 0.3 is 0 Å². The first-order chi connectivity index (χ1) is 8.09. The Morgan fingerprint density at radius 2 is 2.06 bits per heavy atom. The maximum absolute atomic E-state index is 13.6. The molecule has 1 saturated heterocycles. The van der Waals surface area contributed by atoms with Crippen LogP contribution in [0.1, 0.15) is 24.4 Å². The number of benzene rings is 1. The molecule has 1 heterocycles. The van der Waals surface area contributed by atoms with E-state index in [4.69, 9.17) is 17.3 Å². The highest BCUT2D eigenvalue weighted by molar-refractivity contribution is 6.30. The van der Waals surface area contributed by atoms with Crippen LogP contribution in [0.4, 0.5) is 4.39 Å². The Morgan fingerprint density at radius 1 is 1.41 bits per heavy atom. The minimum atomic E-state index is -0.966. The number of carbonyl (C=O) groups excluding carboxylic acids is 1. The number of rotatable bonds is 2. The van der Waals surface area contributed by atoms with E-state index in [-0.39, 0.29) is 11.5 Å². The third-order valence-electron chi connectivity index (χ3n) is 2.98. The zero-order valence-corrected chi connectivity index (χ0v) is 10.1. The number of nitrogens with two attached hydrogens (primary N) is 1. The van der Waals surface area contributed by atoms with Crippen molar-refractivity contribution in [2.24, 2.45) is 5.73 Å². The van der Waals surface area contributed by atoms with Crippen molar-refractivity contribution in [3.63, 3.8) is 0 Å². The van der Waals surface area contributed by atoms with E-state index in [0.29, 0.717) is 18.1 Å². The summed E-state index contributed by atoms with van der Waals surface area (Å²) in [4.78, 5) is 13.7. The Bertz CT molecular complexity index is 433. The first-order valence-corrected chi connectivity index (χ1v) is 5.96. The van der Waals surface area contributed by atoms with Crippen molar-refractivity contribution in [2.45, 2.75) is 18.9 Å². The van der Waals surface area contributed by atoms with Gasteiger partial charge in [-0.15, -0.1) is 0 Å². The Balaban J connectivity index is 2.20. The van der Waals surface area contributed by atoms with E-state index in [2.05, 4.69) is 0 Å². The monoisotopic (exact) mass is 256 g/mol. The molecule has 2 N–H and O–H groups in total. The SMILES string of the molecule is NC(C(=O)N1CCCC1)c1cc(Cl)ccc1F. The minimum Gasteiger partial charge on any atom is -0.341 e. The number of amides is 1. The molecule has 1 aliphatic rings. The van der Waals surface area contributed by atoms with Crippen LogP contribution in [0.25, 0.3) is 0 Å². The number of hydrogen-bond donors (Lipinski definition) is 1. The summed E-state index contributed by atoms with van der Waals surface area (Å²) in [5, 5.41) is 0.381. The Kier molecular flexibility index (Phi) is 3.64. The predicted octanol–water partition coefficient (Wildman–Crippen LogP) is 2.10. The molecule has 0 radical (unpaired) electrons. The van der Waals surface area contributed by atoms with Gasteiger partial charge < -0.3 is 10.6 Å². The molecule has 0 aliphatic carbocycles. The minimum absolute atomic E-state index is 0.161. The molecule has 1 amide bonds. The van der Waals surface area contributed by atoms with Crippen molar-refractivity contribution in [3.05, 3.63) is 34.6 Å². The lowest BCUT2D eigenvalue weighted by Crippen LogP contribution is -2.36. The Hall–Kier alpha value is -1.13. The lowest BCUT2D eigenvalue weighted by molar-refractivity contribution is -0.131. The molecule has 1 aromatic carbocycles. The molecule has 92 valence electrons. The van der Waals surface area contributed by atoms with Crippen LogP contribution >= 0.6 is 11.6 Å². The van der Waals surface area contributed by atoms with Crippen molar-refractivity contribution in [3.8, 4) is 0 Å².